The molecule has 18 heavy (non-hydrogen) atoms. The quantitative estimate of drug-likeness (QED) is 0.892. The number of hydrogen-bond donors (Lipinski definition) is 1. The second-order valence-electron chi connectivity index (χ2n) is 4.44. The molecule has 1 fully saturated rings. The monoisotopic (exact) mass is 264 g/mol. The number of para-hydroxylation sites is 1. The van der Waals surface area contributed by atoms with Crippen molar-refractivity contribution in [3.8, 4) is 6.07 Å². The number of halogens is 1. The van der Waals surface area contributed by atoms with Gasteiger partial charge in [0.05, 0.1) is 16.8 Å². The first-order valence-corrected chi connectivity index (χ1v) is 6.11. The molecule has 4 nitrogen and oxygen atoms in total. The SMILES string of the molecule is N#CC1(C(=O)O)CCN(c2ccccc2Cl)CC1. The molecule has 0 unspecified atom stereocenters. The van der Waals surface area contributed by atoms with Gasteiger partial charge in [-0.15, -0.1) is 0 Å². The Kier molecular flexibility index (Phi) is 3.44. The Morgan fingerprint density at radius 1 is 1.39 bits per heavy atom. The van der Waals surface area contributed by atoms with Crippen LogP contribution in [0.3, 0.4) is 0 Å². The first kappa shape index (κ1) is 12.7. The average Bonchev–Trinajstić information content (AvgIpc) is 2.39. The maximum absolute atomic E-state index is 11.2. The number of carboxylic acid groups (broad SMARTS) is 1. The van der Waals surface area contributed by atoms with Crippen LogP contribution in [0.15, 0.2) is 24.3 Å². The number of hydrogen-bond acceptors (Lipinski definition) is 3. The smallest absolute Gasteiger partial charge is 0.324 e. The number of aliphatic carboxylic acids is 1. The zero-order valence-corrected chi connectivity index (χ0v) is 10.5. The zero-order chi connectivity index (χ0) is 13.2. The van der Waals surface area contributed by atoms with Gasteiger partial charge in [-0.25, -0.2) is 0 Å². The topological polar surface area (TPSA) is 64.3 Å². The summed E-state index contributed by atoms with van der Waals surface area (Å²) < 4.78 is 0. The van der Waals surface area contributed by atoms with Crippen molar-refractivity contribution in [1.82, 2.24) is 0 Å². The Labute approximate surface area is 110 Å². The van der Waals surface area contributed by atoms with Crippen molar-refractivity contribution in [2.75, 3.05) is 18.0 Å². The summed E-state index contributed by atoms with van der Waals surface area (Å²) in [6.07, 6.45) is 0.647. The maximum atomic E-state index is 11.2. The fourth-order valence-corrected chi connectivity index (χ4v) is 2.47. The van der Waals surface area contributed by atoms with Crippen LogP contribution < -0.4 is 4.90 Å². The van der Waals surface area contributed by atoms with Crippen LogP contribution in [0, 0.1) is 16.7 Å². The number of benzene rings is 1. The van der Waals surface area contributed by atoms with Crippen molar-refractivity contribution in [3.05, 3.63) is 29.3 Å². The van der Waals surface area contributed by atoms with Gasteiger partial charge in [-0.1, -0.05) is 23.7 Å². The first-order chi connectivity index (χ1) is 8.59. The van der Waals surface area contributed by atoms with Gasteiger partial charge in [0.25, 0.3) is 0 Å². The van der Waals surface area contributed by atoms with E-state index in [-0.39, 0.29) is 0 Å². The molecule has 1 aliphatic heterocycles. The Hall–Kier alpha value is -1.73. The van der Waals surface area contributed by atoms with E-state index in [0.29, 0.717) is 31.0 Å². The van der Waals surface area contributed by atoms with E-state index in [9.17, 15) is 4.79 Å². The van der Waals surface area contributed by atoms with Crippen molar-refractivity contribution in [2.45, 2.75) is 12.8 Å². The highest BCUT2D eigenvalue weighted by atomic mass is 35.5. The van der Waals surface area contributed by atoms with Gasteiger partial charge < -0.3 is 10.0 Å². The van der Waals surface area contributed by atoms with E-state index < -0.39 is 11.4 Å². The number of piperidine rings is 1. The highest BCUT2D eigenvalue weighted by Gasteiger charge is 2.42. The Bertz CT molecular complexity index is 502. The molecule has 2 rings (SSSR count). The lowest BCUT2D eigenvalue weighted by Crippen LogP contribution is -2.43. The minimum Gasteiger partial charge on any atom is -0.480 e. The summed E-state index contributed by atoms with van der Waals surface area (Å²) in [5.41, 5.74) is -0.339. The number of rotatable bonds is 2. The number of carboxylic acids is 1. The summed E-state index contributed by atoms with van der Waals surface area (Å²) in [5, 5.41) is 18.8. The third kappa shape index (κ3) is 2.14. The summed E-state index contributed by atoms with van der Waals surface area (Å²) in [7, 11) is 0. The molecule has 0 atom stereocenters. The standard InChI is InChI=1S/C13H13ClN2O2/c14-10-3-1-2-4-11(10)16-7-5-13(9-15,6-8-16)12(17)18/h1-4H,5-8H2,(H,17,18). The molecule has 1 saturated heterocycles. The Morgan fingerprint density at radius 2 is 2.00 bits per heavy atom. The molecule has 1 aliphatic rings. The van der Waals surface area contributed by atoms with Crippen molar-refractivity contribution >= 4 is 23.3 Å². The molecule has 0 spiro atoms. The molecule has 94 valence electrons. The van der Waals surface area contributed by atoms with Crippen molar-refractivity contribution < 1.29 is 9.90 Å². The third-order valence-corrected chi connectivity index (χ3v) is 3.75. The van der Waals surface area contributed by atoms with Crippen LogP contribution in [0.5, 0.6) is 0 Å². The van der Waals surface area contributed by atoms with E-state index in [1.165, 1.54) is 0 Å². The minimum atomic E-state index is -1.24. The van der Waals surface area contributed by atoms with Gasteiger partial charge in [-0.3, -0.25) is 4.79 Å². The molecule has 0 aromatic heterocycles. The van der Waals surface area contributed by atoms with Crippen molar-refractivity contribution in [2.24, 2.45) is 5.41 Å². The first-order valence-electron chi connectivity index (χ1n) is 5.73. The van der Waals surface area contributed by atoms with Crippen LogP contribution in [0.1, 0.15) is 12.8 Å². The Morgan fingerprint density at radius 3 is 2.50 bits per heavy atom. The van der Waals surface area contributed by atoms with Gasteiger partial charge in [-0.05, 0) is 25.0 Å². The summed E-state index contributed by atoms with van der Waals surface area (Å²) >= 11 is 6.10. The Balaban J connectivity index is 2.15. The van der Waals surface area contributed by atoms with Gasteiger partial charge in [0.1, 0.15) is 0 Å². The second kappa shape index (κ2) is 4.87. The largest absolute Gasteiger partial charge is 0.480 e. The van der Waals surface area contributed by atoms with Gasteiger partial charge in [0.15, 0.2) is 5.41 Å². The van der Waals surface area contributed by atoms with Crippen LogP contribution in [-0.4, -0.2) is 24.2 Å². The molecule has 5 heteroatoms. The number of carbonyl (C=O) groups is 1. The van der Waals surface area contributed by atoms with Gasteiger partial charge >= 0.3 is 5.97 Å². The number of anilines is 1. The fourth-order valence-electron chi connectivity index (χ4n) is 2.21. The lowest BCUT2D eigenvalue weighted by Gasteiger charge is -2.36. The van der Waals surface area contributed by atoms with E-state index in [0.717, 1.165) is 5.69 Å². The van der Waals surface area contributed by atoms with Crippen LogP contribution >= 0.6 is 11.6 Å². The molecular weight excluding hydrogens is 252 g/mol. The number of nitriles is 1. The predicted molar refractivity (Wildman–Crippen MR) is 68.6 cm³/mol. The summed E-state index contributed by atoms with van der Waals surface area (Å²) in [6.45, 7) is 1.06. The normalized spacial score (nSPS) is 18.1. The van der Waals surface area contributed by atoms with Gasteiger partial charge in [-0.2, -0.15) is 5.26 Å². The maximum Gasteiger partial charge on any atom is 0.324 e. The summed E-state index contributed by atoms with van der Waals surface area (Å²) in [4.78, 5) is 13.2. The summed E-state index contributed by atoms with van der Waals surface area (Å²) in [6, 6.07) is 9.40. The minimum absolute atomic E-state index is 0.323. The van der Waals surface area contributed by atoms with Gasteiger partial charge in [0.2, 0.25) is 0 Å². The average molecular weight is 265 g/mol. The lowest BCUT2D eigenvalue weighted by molar-refractivity contribution is -0.146. The molecule has 1 aromatic carbocycles. The molecular formula is C13H13ClN2O2. The summed E-state index contributed by atoms with van der Waals surface area (Å²) in [5.74, 6) is -1.02. The molecule has 1 aromatic rings. The molecule has 0 aliphatic carbocycles. The van der Waals surface area contributed by atoms with Crippen LogP contribution in [0.25, 0.3) is 0 Å². The molecule has 0 bridgehead atoms. The zero-order valence-electron chi connectivity index (χ0n) is 9.77. The predicted octanol–water partition coefficient (Wildman–Crippen LogP) is 2.53. The number of nitrogens with zero attached hydrogens (tertiary/aromatic N) is 2. The van der Waals surface area contributed by atoms with E-state index in [2.05, 4.69) is 0 Å². The van der Waals surface area contributed by atoms with E-state index in [1.807, 2.05) is 29.2 Å². The van der Waals surface area contributed by atoms with Crippen LogP contribution in [0.2, 0.25) is 5.02 Å². The highest BCUT2D eigenvalue weighted by Crippen LogP contribution is 2.35. The van der Waals surface area contributed by atoms with Crippen LogP contribution in [0.4, 0.5) is 5.69 Å². The van der Waals surface area contributed by atoms with Crippen LogP contribution in [-0.2, 0) is 4.79 Å². The van der Waals surface area contributed by atoms with Crippen molar-refractivity contribution in [3.63, 3.8) is 0 Å². The van der Waals surface area contributed by atoms with E-state index in [4.69, 9.17) is 22.0 Å². The van der Waals surface area contributed by atoms with Crippen molar-refractivity contribution in [1.29, 1.82) is 5.26 Å². The molecule has 1 N–H and O–H groups in total. The second-order valence-corrected chi connectivity index (χ2v) is 4.84. The molecule has 1 heterocycles. The fraction of sp³-hybridized carbons (Fsp3) is 0.385. The molecule has 0 amide bonds. The van der Waals surface area contributed by atoms with E-state index >= 15 is 0 Å². The highest BCUT2D eigenvalue weighted by molar-refractivity contribution is 6.33. The lowest BCUT2D eigenvalue weighted by atomic mass is 9.80. The molecule has 0 radical (unpaired) electrons. The van der Waals surface area contributed by atoms with Gasteiger partial charge in [0, 0.05) is 13.1 Å². The molecule has 0 saturated carbocycles. The third-order valence-electron chi connectivity index (χ3n) is 3.43. The van der Waals surface area contributed by atoms with E-state index in [1.54, 1.807) is 6.07 Å².